The number of carbonyl (C=O) groups excluding carboxylic acids is 1. The first-order valence-corrected chi connectivity index (χ1v) is 10.9. The molecule has 1 amide bonds. The zero-order valence-electron chi connectivity index (χ0n) is 15.9. The van der Waals surface area contributed by atoms with Crippen LogP contribution in [0.25, 0.3) is 16.1 Å². The smallest absolute Gasteiger partial charge is 0.264 e. The van der Waals surface area contributed by atoms with Crippen molar-refractivity contribution in [3.63, 3.8) is 0 Å². The topological polar surface area (TPSA) is 50.5 Å². The Hall–Kier alpha value is -2.99. The Balaban J connectivity index is 1.36. The van der Waals surface area contributed by atoms with Gasteiger partial charge in [0.2, 0.25) is 0 Å². The van der Waals surface area contributed by atoms with E-state index in [9.17, 15) is 4.79 Å². The van der Waals surface area contributed by atoms with Crippen LogP contribution in [0, 0.1) is 0 Å². The van der Waals surface area contributed by atoms with Crippen LogP contribution in [0.3, 0.4) is 0 Å². The second kappa shape index (κ2) is 6.52. The van der Waals surface area contributed by atoms with Gasteiger partial charge in [-0.05, 0) is 60.6 Å². The van der Waals surface area contributed by atoms with Crippen LogP contribution in [0.4, 0.5) is 0 Å². The molecule has 6 heteroatoms. The van der Waals surface area contributed by atoms with Crippen molar-refractivity contribution in [3.05, 3.63) is 76.6 Å². The quantitative estimate of drug-likeness (QED) is 0.497. The number of carbonyl (C=O) groups is 1. The van der Waals surface area contributed by atoms with Crippen molar-refractivity contribution in [2.45, 2.75) is 31.7 Å². The van der Waals surface area contributed by atoms with Crippen molar-refractivity contribution in [1.29, 1.82) is 0 Å². The van der Waals surface area contributed by atoms with Crippen LogP contribution in [0.5, 0.6) is 0 Å². The van der Waals surface area contributed by atoms with E-state index in [2.05, 4.69) is 40.5 Å². The van der Waals surface area contributed by atoms with E-state index in [1.165, 1.54) is 21.6 Å². The molecule has 0 bridgehead atoms. The molecule has 1 fully saturated rings. The van der Waals surface area contributed by atoms with Crippen molar-refractivity contribution in [3.8, 4) is 10.4 Å². The lowest BCUT2D eigenvalue weighted by atomic mass is 9.91. The second-order valence-corrected chi connectivity index (χ2v) is 8.82. The van der Waals surface area contributed by atoms with E-state index in [0.29, 0.717) is 0 Å². The summed E-state index contributed by atoms with van der Waals surface area (Å²) in [5.74, 6) is 0.982. The highest BCUT2D eigenvalue weighted by Gasteiger charge is 2.35. The Kier molecular flexibility index (Phi) is 3.81. The van der Waals surface area contributed by atoms with E-state index in [4.69, 9.17) is 0 Å². The highest BCUT2D eigenvalue weighted by Crippen LogP contribution is 2.41. The fourth-order valence-electron chi connectivity index (χ4n) is 4.68. The molecule has 2 aliphatic rings. The molecule has 4 heterocycles. The van der Waals surface area contributed by atoms with Gasteiger partial charge in [-0.1, -0.05) is 30.3 Å². The molecule has 0 N–H and O–H groups in total. The molecule has 1 aliphatic carbocycles. The first-order valence-electron chi connectivity index (χ1n) is 10.1. The van der Waals surface area contributed by atoms with Crippen LogP contribution < -0.4 is 0 Å². The second-order valence-electron chi connectivity index (χ2n) is 7.77. The summed E-state index contributed by atoms with van der Waals surface area (Å²) < 4.78 is 2.01. The molecule has 1 saturated heterocycles. The van der Waals surface area contributed by atoms with Crippen molar-refractivity contribution < 1.29 is 4.79 Å². The van der Waals surface area contributed by atoms with Crippen LogP contribution in [-0.2, 0) is 12.8 Å². The van der Waals surface area contributed by atoms with Gasteiger partial charge in [0.1, 0.15) is 0 Å². The molecule has 144 valence electrons. The SMILES string of the molecule is O=C(c1cc2c(s1)-c1ccccc1CC2)N1CCCC1c1nnc2ccccn12. The first-order chi connectivity index (χ1) is 14.3. The van der Waals surface area contributed by atoms with E-state index >= 15 is 0 Å². The van der Waals surface area contributed by atoms with Gasteiger partial charge in [0, 0.05) is 17.6 Å². The number of hydrogen-bond acceptors (Lipinski definition) is 4. The molecule has 3 aromatic heterocycles. The Bertz CT molecular complexity index is 1240. The number of fused-ring (bicyclic) bond motifs is 4. The molecule has 29 heavy (non-hydrogen) atoms. The number of likely N-dealkylation sites (tertiary alicyclic amines) is 1. The lowest BCUT2D eigenvalue weighted by Crippen LogP contribution is -2.31. The number of rotatable bonds is 2. The molecule has 0 radical (unpaired) electrons. The Labute approximate surface area is 172 Å². The van der Waals surface area contributed by atoms with Crippen LogP contribution >= 0.6 is 11.3 Å². The molecule has 0 saturated carbocycles. The Morgan fingerprint density at radius 1 is 1.03 bits per heavy atom. The van der Waals surface area contributed by atoms with E-state index in [0.717, 1.165) is 48.6 Å². The van der Waals surface area contributed by atoms with Crippen molar-refractivity contribution >= 4 is 22.9 Å². The first kappa shape index (κ1) is 16.9. The van der Waals surface area contributed by atoms with Gasteiger partial charge in [-0.25, -0.2) is 0 Å². The molecule has 1 unspecified atom stereocenters. The average molecular weight is 401 g/mol. The highest BCUT2D eigenvalue weighted by molar-refractivity contribution is 7.17. The zero-order valence-corrected chi connectivity index (χ0v) is 16.7. The number of thiophene rings is 1. The third-order valence-corrected chi connectivity index (χ3v) is 7.30. The zero-order chi connectivity index (χ0) is 19.4. The number of benzene rings is 1. The predicted molar refractivity (Wildman–Crippen MR) is 113 cm³/mol. The van der Waals surface area contributed by atoms with Crippen LogP contribution in [-0.4, -0.2) is 31.9 Å². The summed E-state index contributed by atoms with van der Waals surface area (Å²) in [5, 5.41) is 8.71. The molecule has 0 spiro atoms. The minimum absolute atomic E-state index is 0.0219. The fourth-order valence-corrected chi connectivity index (χ4v) is 5.91. The van der Waals surface area contributed by atoms with E-state index < -0.39 is 0 Å². The molecule has 5 nitrogen and oxygen atoms in total. The van der Waals surface area contributed by atoms with Gasteiger partial charge >= 0.3 is 0 Å². The van der Waals surface area contributed by atoms with Crippen molar-refractivity contribution in [2.24, 2.45) is 0 Å². The minimum atomic E-state index is -0.0219. The van der Waals surface area contributed by atoms with E-state index in [-0.39, 0.29) is 11.9 Å². The largest absolute Gasteiger partial charge is 0.328 e. The number of aromatic nitrogens is 3. The summed E-state index contributed by atoms with van der Waals surface area (Å²) >= 11 is 1.64. The molecule has 4 aromatic rings. The number of pyridine rings is 1. The maximum atomic E-state index is 13.5. The maximum absolute atomic E-state index is 13.5. The monoisotopic (exact) mass is 400 g/mol. The normalized spacial score (nSPS) is 18.1. The Morgan fingerprint density at radius 2 is 1.90 bits per heavy atom. The molecule has 6 rings (SSSR count). The van der Waals surface area contributed by atoms with Crippen molar-refractivity contribution in [1.82, 2.24) is 19.5 Å². The third kappa shape index (κ3) is 2.63. The molecule has 1 aromatic carbocycles. The van der Waals surface area contributed by atoms with Gasteiger partial charge in [-0.2, -0.15) is 0 Å². The van der Waals surface area contributed by atoms with Crippen molar-refractivity contribution in [2.75, 3.05) is 6.54 Å². The number of hydrogen-bond donors (Lipinski definition) is 0. The summed E-state index contributed by atoms with van der Waals surface area (Å²) in [5.41, 5.74) is 4.81. The highest BCUT2D eigenvalue weighted by atomic mass is 32.1. The molecule has 1 atom stereocenters. The molecular weight excluding hydrogens is 380 g/mol. The maximum Gasteiger partial charge on any atom is 0.264 e. The summed E-state index contributed by atoms with van der Waals surface area (Å²) in [6, 6.07) is 16.5. The summed E-state index contributed by atoms with van der Waals surface area (Å²) in [4.78, 5) is 17.6. The summed E-state index contributed by atoms with van der Waals surface area (Å²) in [7, 11) is 0. The average Bonchev–Trinajstić information content (AvgIpc) is 3.50. The van der Waals surface area contributed by atoms with Gasteiger partial charge in [0.15, 0.2) is 11.5 Å². The summed E-state index contributed by atoms with van der Waals surface area (Å²) in [6.45, 7) is 0.768. The van der Waals surface area contributed by atoms with Gasteiger partial charge in [0.25, 0.3) is 5.91 Å². The van der Waals surface area contributed by atoms with Gasteiger partial charge in [0.05, 0.1) is 10.9 Å². The number of nitrogens with zero attached hydrogens (tertiary/aromatic N) is 4. The van der Waals surface area contributed by atoms with E-state index in [1.807, 2.05) is 33.7 Å². The Morgan fingerprint density at radius 3 is 2.86 bits per heavy atom. The summed E-state index contributed by atoms with van der Waals surface area (Å²) in [6.07, 6.45) is 5.95. The van der Waals surface area contributed by atoms with E-state index in [1.54, 1.807) is 11.3 Å². The van der Waals surface area contributed by atoms with Gasteiger partial charge in [-0.3, -0.25) is 9.20 Å². The third-order valence-electron chi connectivity index (χ3n) is 6.10. The van der Waals surface area contributed by atoms with Crippen LogP contribution in [0.2, 0.25) is 0 Å². The predicted octanol–water partition coefficient (Wildman–Crippen LogP) is 4.53. The standard InChI is InChI=1S/C23H20N4OS/c28-23(19-14-16-11-10-15-6-1-2-7-17(15)21(16)29-19)26-13-5-8-18(26)22-25-24-20-9-3-4-12-27(20)22/h1-4,6-7,9,12,14,18H,5,8,10-11,13H2. The fraction of sp³-hybridized carbons (Fsp3) is 0.261. The van der Waals surface area contributed by atoms with Crippen LogP contribution in [0.1, 0.15) is 45.5 Å². The number of amides is 1. The van der Waals surface area contributed by atoms with Gasteiger partial charge in [-0.15, -0.1) is 21.5 Å². The number of aryl methyl sites for hydroxylation is 2. The van der Waals surface area contributed by atoms with Gasteiger partial charge < -0.3 is 4.90 Å². The lowest BCUT2D eigenvalue weighted by molar-refractivity contribution is 0.0734. The molecular formula is C23H20N4OS. The molecule has 1 aliphatic heterocycles. The minimum Gasteiger partial charge on any atom is -0.328 e. The van der Waals surface area contributed by atoms with Crippen LogP contribution in [0.15, 0.2) is 54.7 Å². The lowest BCUT2D eigenvalue weighted by Gasteiger charge is -2.22.